The number of rotatable bonds is 3. The van der Waals surface area contributed by atoms with E-state index in [0.29, 0.717) is 11.5 Å². The Morgan fingerprint density at radius 3 is 2.69 bits per heavy atom. The number of nitrogens with zero attached hydrogens (tertiary/aromatic N) is 4. The summed E-state index contributed by atoms with van der Waals surface area (Å²) in [5, 5.41) is 0. The smallest absolute Gasteiger partial charge is 0.251 e. The van der Waals surface area contributed by atoms with E-state index in [-0.39, 0.29) is 17.3 Å². The summed E-state index contributed by atoms with van der Waals surface area (Å²) in [6, 6.07) is 11.5. The van der Waals surface area contributed by atoms with Crippen LogP contribution in [0.2, 0.25) is 0 Å². The highest BCUT2D eigenvalue weighted by molar-refractivity contribution is 5.93. The van der Waals surface area contributed by atoms with E-state index >= 15 is 0 Å². The zero-order chi connectivity index (χ0) is 20.0. The molecule has 5 rings (SSSR count). The van der Waals surface area contributed by atoms with Gasteiger partial charge >= 0.3 is 0 Å². The van der Waals surface area contributed by atoms with Crippen LogP contribution in [0.15, 0.2) is 59.8 Å². The summed E-state index contributed by atoms with van der Waals surface area (Å²) in [7, 11) is 0. The summed E-state index contributed by atoms with van der Waals surface area (Å²) in [5.74, 6) is 1.61. The Morgan fingerprint density at radius 2 is 1.97 bits per heavy atom. The van der Waals surface area contributed by atoms with E-state index in [1.54, 1.807) is 31.6 Å². The van der Waals surface area contributed by atoms with Gasteiger partial charge in [-0.15, -0.1) is 0 Å². The van der Waals surface area contributed by atoms with Gasteiger partial charge in [0.15, 0.2) is 5.78 Å². The zero-order valence-corrected chi connectivity index (χ0v) is 16.3. The van der Waals surface area contributed by atoms with Crippen molar-refractivity contribution in [3.8, 4) is 11.1 Å². The molecule has 146 valence electrons. The van der Waals surface area contributed by atoms with Crippen LogP contribution in [-0.2, 0) is 6.54 Å². The van der Waals surface area contributed by atoms with E-state index in [2.05, 4.69) is 20.9 Å². The number of anilines is 1. The summed E-state index contributed by atoms with van der Waals surface area (Å²) < 4.78 is 1.95. The fourth-order valence-corrected chi connectivity index (χ4v) is 4.63. The highest BCUT2D eigenvalue weighted by atomic mass is 16.1. The van der Waals surface area contributed by atoms with E-state index < -0.39 is 0 Å². The van der Waals surface area contributed by atoms with E-state index in [9.17, 15) is 9.59 Å². The topological polar surface area (TPSA) is 68.1 Å². The van der Waals surface area contributed by atoms with Crippen molar-refractivity contribution in [2.45, 2.75) is 25.8 Å². The molecule has 2 aliphatic rings. The molecular weight excluding hydrogens is 364 g/mol. The maximum Gasteiger partial charge on any atom is 0.251 e. The van der Waals surface area contributed by atoms with Crippen molar-refractivity contribution >= 4 is 11.6 Å². The van der Waals surface area contributed by atoms with E-state index in [0.717, 1.165) is 48.7 Å². The lowest BCUT2D eigenvalue weighted by molar-refractivity contribution is 0.101. The predicted octanol–water partition coefficient (Wildman–Crippen LogP) is 3.13. The Morgan fingerprint density at radius 1 is 1.07 bits per heavy atom. The second-order valence-corrected chi connectivity index (χ2v) is 8.02. The second kappa shape index (κ2) is 6.95. The van der Waals surface area contributed by atoms with Crippen molar-refractivity contribution in [2.75, 3.05) is 18.0 Å². The van der Waals surface area contributed by atoms with E-state index in [1.165, 1.54) is 0 Å². The van der Waals surface area contributed by atoms with Gasteiger partial charge in [-0.1, -0.05) is 6.07 Å². The van der Waals surface area contributed by atoms with Gasteiger partial charge in [-0.3, -0.25) is 14.6 Å². The van der Waals surface area contributed by atoms with Crippen molar-refractivity contribution in [3.05, 3.63) is 76.6 Å². The van der Waals surface area contributed by atoms with Gasteiger partial charge in [0.05, 0.1) is 0 Å². The largest absolute Gasteiger partial charge is 0.356 e. The molecule has 0 amide bonds. The number of Topliss-reactive ketones (excluding diaryl/α,β-unsaturated/α-hetero) is 1. The highest BCUT2D eigenvalue weighted by Gasteiger charge is 2.35. The molecule has 1 fully saturated rings. The lowest BCUT2D eigenvalue weighted by atomic mass is 9.82. The number of hydrogen-bond acceptors (Lipinski definition) is 5. The van der Waals surface area contributed by atoms with Gasteiger partial charge < -0.3 is 9.47 Å². The molecule has 6 heteroatoms. The molecule has 3 aromatic heterocycles. The molecule has 29 heavy (non-hydrogen) atoms. The Hall–Kier alpha value is -3.28. The monoisotopic (exact) mass is 386 g/mol. The van der Waals surface area contributed by atoms with Crippen LogP contribution in [0.1, 0.15) is 35.3 Å². The Labute approximate surface area is 168 Å². The first-order chi connectivity index (χ1) is 14.1. The highest BCUT2D eigenvalue weighted by Crippen LogP contribution is 2.37. The molecule has 0 aromatic carbocycles. The average Bonchev–Trinajstić information content (AvgIpc) is 2.75. The third-order valence-electron chi connectivity index (χ3n) is 6.03. The number of carbonyl (C=O) groups excluding carboxylic acids is 1. The van der Waals surface area contributed by atoms with Crippen LogP contribution in [0.3, 0.4) is 0 Å². The first kappa shape index (κ1) is 17.8. The molecule has 2 bridgehead atoms. The zero-order valence-electron chi connectivity index (χ0n) is 16.3. The minimum atomic E-state index is 0.0239. The van der Waals surface area contributed by atoms with Gasteiger partial charge in [-0.05, 0) is 49.1 Å². The predicted molar refractivity (Wildman–Crippen MR) is 111 cm³/mol. The van der Waals surface area contributed by atoms with Crippen LogP contribution in [0.4, 0.5) is 5.82 Å². The van der Waals surface area contributed by atoms with E-state index in [4.69, 9.17) is 0 Å². The molecule has 2 aliphatic heterocycles. The van der Waals surface area contributed by atoms with Crippen molar-refractivity contribution in [1.29, 1.82) is 0 Å². The van der Waals surface area contributed by atoms with Crippen molar-refractivity contribution in [2.24, 2.45) is 5.92 Å². The van der Waals surface area contributed by atoms with E-state index in [1.807, 2.05) is 28.8 Å². The SMILES string of the molecule is CC(=O)c1ccc(N2C[C@@H]3C[C@H](C2)c2cc(-c4cccnc4)cc(=O)n2C3)nc1. The molecule has 1 saturated heterocycles. The number of fused-ring (bicyclic) bond motifs is 4. The quantitative estimate of drug-likeness (QED) is 0.647. The lowest BCUT2D eigenvalue weighted by Gasteiger charge is -2.43. The summed E-state index contributed by atoms with van der Waals surface area (Å²) in [4.78, 5) is 35.3. The number of pyridine rings is 3. The Kier molecular flexibility index (Phi) is 4.27. The fraction of sp³-hybridized carbons (Fsp3) is 0.304. The van der Waals surface area contributed by atoms with Crippen molar-refractivity contribution < 1.29 is 4.79 Å². The third kappa shape index (κ3) is 3.24. The first-order valence-electron chi connectivity index (χ1n) is 9.95. The molecule has 0 saturated carbocycles. The number of ketones is 1. The molecule has 0 unspecified atom stereocenters. The molecule has 0 spiro atoms. The third-order valence-corrected chi connectivity index (χ3v) is 6.03. The van der Waals surface area contributed by atoms with Gasteiger partial charge in [-0.25, -0.2) is 4.98 Å². The van der Waals surface area contributed by atoms with Gasteiger partial charge in [0.1, 0.15) is 5.82 Å². The molecule has 2 atom stereocenters. The molecule has 0 radical (unpaired) electrons. The number of piperidine rings is 1. The van der Waals surface area contributed by atoms with Crippen LogP contribution in [0, 0.1) is 5.92 Å². The minimum Gasteiger partial charge on any atom is -0.356 e. The van der Waals surface area contributed by atoms with Crippen LogP contribution in [0.25, 0.3) is 11.1 Å². The number of aromatic nitrogens is 3. The first-order valence-corrected chi connectivity index (χ1v) is 9.95. The van der Waals surface area contributed by atoms with Gasteiger partial charge in [0.2, 0.25) is 0 Å². The number of hydrogen-bond donors (Lipinski definition) is 0. The average molecular weight is 386 g/mol. The van der Waals surface area contributed by atoms with Crippen LogP contribution in [0.5, 0.6) is 0 Å². The molecular formula is C23H22N4O2. The summed E-state index contributed by atoms with van der Waals surface area (Å²) in [6.07, 6.45) is 6.27. The molecule has 6 nitrogen and oxygen atoms in total. The fourth-order valence-electron chi connectivity index (χ4n) is 4.63. The standard InChI is InChI=1S/C23H22N4O2/c1-15(28)17-4-5-22(25-11-17)26-12-16-7-20(14-26)21-8-19(9-23(29)27(21)13-16)18-3-2-6-24-10-18/h2-6,8-11,16,20H,7,12-14H2,1H3/t16-,20+/m0/s1. The van der Waals surface area contributed by atoms with Crippen LogP contribution in [-0.4, -0.2) is 33.4 Å². The summed E-state index contributed by atoms with van der Waals surface area (Å²) in [6.45, 7) is 3.98. The summed E-state index contributed by atoms with van der Waals surface area (Å²) >= 11 is 0. The van der Waals surface area contributed by atoms with Gasteiger partial charge in [0.25, 0.3) is 5.56 Å². The van der Waals surface area contributed by atoms with Crippen molar-refractivity contribution in [1.82, 2.24) is 14.5 Å². The van der Waals surface area contributed by atoms with Gasteiger partial charge in [0, 0.05) is 67.0 Å². The minimum absolute atomic E-state index is 0.0239. The molecule has 3 aromatic rings. The van der Waals surface area contributed by atoms with Crippen molar-refractivity contribution in [3.63, 3.8) is 0 Å². The Balaban J connectivity index is 1.48. The summed E-state index contributed by atoms with van der Waals surface area (Å²) in [5.41, 5.74) is 3.67. The maximum absolute atomic E-state index is 12.8. The maximum atomic E-state index is 12.8. The molecule has 0 aliphatic carbocycles. The van der Waals surface area contributed by atoms with Gasteiger partial charge in [-0.2, -0.15) is 0 Å². The molecule has 0 N–H and O–H groups in total. The normalized spacial score (nSPS) is 20.2. The van der Waals surface area contributed by atoms with Crippen LogP contribution >= 0.6 is 0 Å². The Bertz CT molecular complexity index is 1120. The second-order valence-electron chi connectivity index (χ2n) is 8.02. The van der Waals surface area contributed by atoms with Crippen LogP contribution < -0.4 is 10.5 Å². The number of carbonyl (C=O) groups is 1. The lowest BCUT2D eigenvalue weighted by Crippen LogP contribution is -2.47. The molecule has 5 heterocycles.